The van der Waals surface area contributed by atoms with E-state index in [0.29, 0.717) is 11.6 Å². The molecular formula is C10H13N5S2. The molecule has 2 aromatic heterocycles. The number of aryl methyl sites for hydroxylation is 1. The molecule has 5 nitrogen and oxygen atoms in total. The molecule has 17 heavy (non-hydrogen) atoms. The van der Waals surface area contributed by atoms with Crippen molar-refractivity contribution < 1.29 is 0 Å². The van der Waals surface area contributed by atoms with E-state index in [1.54, 1.807) is 18.0 Å². The Balaban J connectivity index is 2.24. The van der Waals surface area contributed by atoms with E-state index in [1.165, 1.54) is 11.3 Å². The molecule has 0 aromatic carbocycles. The minimum Gasteiger partial charge on any atom is -0.383 e. The van der Waals surface area contributed by atoms with Crippen LogP contribution in [0.4, 0.5) is 5.82 Å². The van der Waals surface area contributed by atoms with Crippen LogP contribution in [0.2, 0.25) is 0 Å². The summed E-state index contributed by atoms with van der Waals surface area (Å²) in [6.07, 6.45) is 2.82. The zero-order valence-electron chi connectivity index (χ0n) is 9.67. The van der Waals surface area contributed by atoms with Crippen LogP contribution >= 0.6 is 23.1 Å². The molecule has 0 aliphatic rings. The monoisotopic (exact) mass is 267 g/mol. The van der Waals surface area contributed by atoms with Gasteiger partial charge >= 0.3 is 0 Å². The van der Waals surface area contributed by atoms with Crippen LogP contribution in [0.5, 0.6) is 0 Å². The molecule has 2 rings (SSSR count). The summed E-state index contributed by atoms with van der Waals surface area (Å²) in [6.45, 7) is 3.95. The quantitative estimate of drug-likeness (QED) is 0.857. The maximum absolute atomic E-state index is 5.84. The maximum Gasteiger partial charge on any atom is 0.174 e. The first-order valence-corrected chi connectivity index (χ1v) is 7.06. The highest BCUT2D eigenvalue weighted by atomic mass is 32.2. The summed E-state index contributed by atoms with van der Waals surface area (Å²) >= 11 is 3.23. The highest BCUT2D eigenvalue weighted by molar-refractivity contribution is 8.01. The molecule has 90 valence electrons. The van der Waals surface area contributed by atoms with Gasteiger partial charge in [0.05, 0.1) is 5.56 Å². The molecular weight excluding hydrogens is 254 g/mol. The zero-order valence-corrected chi connectivity index (χ0v) is 11.3. The second kappa shape index (κ2) is 5.42. The largest absolute Gasteiger partial charge is 0.383 e. The van der Waals surface area contributed by atoms with Crippen molar-refractivity contribution in [3.05, 3.63) is 12.0 Å². The van der Waals surface area contributed by atoms with E-state index in [4.69, 9.17) is 5.73 Å². The molecule has 0 amide bonds. The lowest BCUT2D eigenvalue weighted by Crippen LogP contribution is -1.97. The first-order chi connectivity index (χ1) is 8.20. The standard InChI is InChI=1S/C10H13N5S2/c1-3-4-16-10-15-14-9(17-10)7-5-12-6(2)13-8(7)11/h5H,3-4H2,1-2H3,(H2,11,12,13). The van der Waals surface area contributed by atoms with Crippen LogP contribution < -0.4 is 5.73 Å². The van der Waals surface area contributed by atoms with Gasteiger partial charge in [0.15, 0.2) is 9.35 Å². The molecule has 0 aliphatic heterocycles. The zero-order chi connectivity index (χ0) is 12.3. The number of nitrogen functional groups attached to an aromatic ring is 1. The Morgan fingerprint density at radius 3 is 2.94 bits per heavy atom. The Bertz CT molecular complexity index is 511. The van der Waals surface area contributed by atoms with E-state index in [0.717, 1.165) is 27.1 Å². The van der Waals surface area contributed by atoms with Gasteiger partial charge in [-0.2, -0.15) is 0 Å². The van der Waals surface area contributed by atoms with Crippen molar-refractivity contribution in [1.82, 2.24) is 20.2 Å². The van der Waals surface area contributed by atoms with Crippen molar-refractivity contribution >= 4 is 28.9 Å². The minimum absolute atomic E-state index is 0.459. The first kappa shape index (κ1) is 12.3. The molecule has 2 heterocycles. The summed E-state index contributed by atoms with van der Waals surface area (Å²) in [5.41, 5.74) is 6.60. The Morgan fingerprint density at radius 1 is 1.41 bits per heavy atom. The predicted molar refractivity (Wildman–Crippen MR) is 71.1 cm³/mol. The van der Waals surface area contributed by atoms with Gasteiger partial charge in [0.25, 0.3) is 0 Å². The topological polar surface area (TPSA) is 77.6 Å². The van der Waals surface area contributed by atoms with E-state index in [-0.39, 0.29) is 0 Å². The van der Waals surface area contributed by atoms with Crippen molar-refractivity contribution in [1.29, 1.82) is 0 Å². The normalized spacial score (nSPS) is 10.7. The van der Waals surface area contributed by atoms with Gasteiger partial charge in [0.1, 0.15) is 11.6 Å². The van der Waals surface area contributed by atoms with Crippen molar-refractivity contribution in [2.24, 2.45) is 0 Å². The third-order valence-electron chi connectivity index (χ3n) is 2.01. The maximum atomic E-state index is 5.84. The van der Waals surface area contributed by atoms with Gasteiger partial charge in [0.2, 0.25) is 0 Å². The fourth-order valence-corrected chi connectivity index (χ4v) is 3.01. The molecule has 0 aliphatic carbocycles. The van der Waals surface area contributed by atoms with Crippen molar-refractivity contribution in [3.8, 4) is 10.6 Å². The number of thioether (sulfide) groups is 1. The van der Waals surface area contributed by atoms with E-state index in [9.17, 15) is 0 Å². The number of rotatable bonds is 4. The second-order valence-corrected chi connectivity index (χ2v) is 5.76. The third kappa shape index (κ3) is 2.92. The smallest absolute Gasteiger partial charge is 0.174 e. The van der Waals surface area contributed by atoms with Crippen LogP contribution in [0, 0.1) is 6.92 Å². The average Bonchev–Trinajstić information content (AvgIpc) is 2.75. The van der Waals surface area contributed by atoms with Crippen molar-refractivity contribution in [2.75, 3.05) is 11.5 Å². The summed E-state index contributed by atoms with van der Waals surface area (Å²) in [7, 11) is 0. The molecule has 0 spiro atoms. The molecule has 0 bridgehead atoms. The predicted octanol–water partition coefficient (Wildman–Crippen LogP) is 2.39. The van der Waals surface area contributed by atoms with Gasteiger partial charge < -0.3 is 5.73 Å². The van der Waals surface area contributed by atoms with Gasteiger partial charge in [-0.25, -0.2) is 9.97 Å². The highest BCUT2D eigenvalue weighted by Gasteiger charge is 2.11. The van der Waals surface area contributed by atoms with Crippen LogP contribution in [0.1, 0.15) is 19.2 Å². The molecule has 2 aromatic rings. The highest BCUT2D eigenvalue weighted by Crippen LogP contribution is 2.31. The first-order valence-electron chi connectivity index (χ1n) is 5.26. The fraction of sp³-hybridized carbons (Fsp3) is 0.400. The van der Waals surface area contributed by atoms with E-state index in [2.05, 4.69) is 27.1 Å². The lowest BCUT2D eigenvalue weighted by atomic mass is 10.3. The van der Waals surface area contributed by atoms with Crippen molar-refractivity contribution in [3.63, 3.8) is 0 Å². The number of anilines is 1. The van der Waals surface area contributed by atoms with Gasteiger partial charge in [0, 0.05) is 11.9 Å². The fourth-order valence-electron chi connectivity index (χ4n) is 1.22. The molecule has 2 N–H and O–H groups in total. The molecule has 0 saturated carbocycles. The molecule has 0 fully saturated rings. The van der Waals surface area contributed by atoms with Crippen LogP contribution in [0.3, 0.4) is 0 Å². The number of aromatic nitrogens is 4. The van der Waals surface area contributed by atoms with Gasteiger partial charge in [-0.05, 0) is 13.3 Å². The number of hydrogen-bond acceptors (Lipinski definition) is 7. The molecule has 0 radical (unpaired) electrons. The summed E-state index contributed by atoms with van der Waals surface area (Å²) in [6, 6.07) is 0. The van der Waals surface area contributed by atoms with E-state index in [1.807, 2.05) is 6.92 Å². The number of hydrogen-bond donors (Lipinski definition) is 1. The number of nitrogens with two attached hydrogens (primary N) is 1. The molecule has 0 unspecified atom stereocenters. The van der Waals surface area contributed by atoms with Crippen molar-refractivity contribution in [2.45, 2.75) is 24.6 Å². The van der Waals surface area contributed by atoms with Gasteiger partial charge in [-0.3, -0.25) is 0 Å². The molecule has 0 saturated heterocycles. The van der Waals surface area contributed by atoms with E-state index < -0.39 is 0 Å². The lowest BCUT2D eigenvalue weighted by molar-refractivity contribution is 1.00. The van der Waals surface area contributed by atoms with Crippen LogP contribution in [-0.2, 0) is 0 Å². The Hall–Kier alpha value is -1.21. The van der Waals surface area contributed by atoms with Crippen LogP contribution in [0.25, 0.3) is 10.6 Å². The Labute approximate surface area is 108 Å². The summed E-state index contributed by atoms with van der Waals surface area (Å²) in [5.74, 6) is 2.17. The average molecular weight is 267 g/mol. The second-order valence-electron chi connectivity index (χ2n) is 3.44. The van der Waals surface area contributed by atoms with Gasteiger partial charge in [-0.1, -0.05) is 30.0 Å². The molecule has 0 atom stereocenters. The Morgan fingerprint density at radius 2 is 2.24 bits per heavy atom. The minimum atomic E-state index is 0.459. The van der Waals surface area contributed by atoms with Crippen LogP contribution in [0.15, 0.2) is 10.5 Å². The number of nitrogens with zero attached hydrogens (tertiary/aromatic N) is 4. The van der Waals surface area contributed by atoms with E-state index >= 15 is 0 Å². The third-order valence-corrected chi connectivity index (χ3v) is 4.30. The van der Waals surface area contributed by atoms with Crippen LogP contribution in [-0.4, -0.2) is 25.9 Å². The SMILES string of the molecule is CCCSc1nnc(-c2cnc(C)nc2N)s1. The Kier molecular flexibility index (Phi) is 3.90. The van der Waals surface area contributed by atoms with Gasteiger partial charge in [-0.15, -0.1) is 10.2 Å². The summed E-state index contributed by atoms with van der Waals surface area (Å²) in [4.78, 5) is 8.25. The molecule has 7 heteroatoms. The summed E-state index contributed by atoms with van der Waals surface area (Å²) in [5, 5.41) is 9.01. The summed E-state index contributed by atoms with van der Waals surface area (Å²) < 4.78 is 0.960. The lowest BCUT2D eigenvalue weighted by Gasteiger charge is -1.99.